The van der Waals surface area contributed by atoms with E-state index in [4.69, 9.17) is 0 Å². The highest BCUT2D eigenvalue weighted by Crippen LogP contribution is 2.28. The van der Waals surface area contributed by atoms with Crippen LogP contribution in [0.5, 0.6) is 0 Å². The molecule has 4 heteroatoms. The largest absolute Gasteiger partial charge is 0.311 e. The van der Waals surface area contributed by atoms with Crippen LogP contribution in [0.3, 0.4) is 0 Å². The van der Waals surface area contributed by atoms with Gasteiger partial charge in [0, 0.05) is 42.8 Å². The van der Waals surface area contributed by atoms with Crippen molar-refractivity contribution in [1.82, 2.24) is 15.2 Å². The predicted octanol–water partition coefficient (Wildman–Crippen LogP) is 3.38. The zero-order valence-corrected chi connectivity index (χ0v) is 14.3. The van der Waals surface area contributed by atoms with Gasteiger partial charge in [0.15, 0.2) is 0 Å². The molecule has 0 aromatic carbocycles. The fourth-order valence-electron chi connectivity index (χ4n) is 2.94. The Morgan fingerprint density at radius 2 is 2.25 bits per heavy atom. The third-order valence-electron chi connectivity index (χ3n) is 4.65. The van der Waals surface area contributed by atoms with Crippen LogP contribution in [0.15, 0.2) is 11.7 Å². The van der Waals surface area contributed by atoms with Gasteiger partial charge in [0.1, 0.15) is 0 Å². The highest BCUT2D eigenvalue weighted by molar-refractivity contribution is 7.09. The molecule has 0 spiro atoms. The predicted molar refractivity (Wildman–Crippen MR) is 87.0 cm³/mol. The van der Waals surface area contributed by atoms with Gasteiger partial charge >= 0.3 is 0 Å². The second kappa shape index (κ2) is 6.54. The van der Waals surface area contributed by atoms with Gasteiger partial charge in [-0.2, -0.15) is 0 Å². The highest BCUT2D eigenvalue weighted by atomic mass is 32.1. The molecular formula is C16H29N3S. The summed E-state index contributed by atoms with van der Waals surface area (Å²) in [6.45, 7) is 15.0. The van der Waals surface area contributed by atoms with Crippen molar-refractivity contribution in [2.75, 3.05) is 13.1 Å². The Bertz CT molecular complexity index is 396. The average molecular weight is 295 g/mol. The van der Waals surface area contributed by atoms with Gasteiger partial charge in [-0.3, -0.25) is 9.88 Å². The molecule has 2 rings (SSSR count). The number of piperazine rings is 1. The fourth-order valence-corrected chi connectivity index (χ4v) is 3.56. The van der Waals surface area contributed by atoms with Crippen molar-refractivity contribution in [3.05, 3.63) is 16.6 Å². The summed E-state index contributed by atoms with van der Waals surface area (Å²) in [5.74, 6) is 0.733. The molecule has 0 aliphatic carbocycles. The molecule has 1 N–H and O–H groups in total. The van der Waals surface area contributed by atoms with E-state index < -0.39 is 0 Å². The Hall–Kier alpha value is -0.450. The van der Waals surface area contributed by atoms with Crippen LogP contribution < -0.4 is 5.32 Å². The van der Waals surface area contributed by atoms with E-state index in [0.717, 1.165) is 25.6 Å². The first-order chi connectivity index (χ1) is 9.41. The summed E-state index contributed by atoms with van der Waals surface area (Å²) in [5.41, 5.74) is 2.25. The Morgan fingerprint density at radius 3 is 2.80 bits per heavy atom. The molecule has 0 radical (unpaired) electrons. The van der Waals surface area contributed by atoms with Crippen molar-refractivity contribution in [2.45, 2.75) is 59.7 Å². The first-order valence-corrected chi connectivity index (χ1v) is 8.64. The van der Waals surface area contributed by atoms with Gasteiger partial charge < -0.3 is 5.32 Å². The third-order valence-corrected chi connectivity index (χ3v) is 5.41. The SMILES string of the molecule is CCC(C)C1CNC(C(C)(C)C)CN1Cc1cncs1. The summed E-state index contributed by atoms with van der Waals surface area (Å²) in [6.07, 6.45) is 3.26. The third kappa shape index (κ3) is 3.80. The number of nitrogens with one attached hydrogen (secondary N) is 1. The zero-order chi connectivity index (χ0) is 14.8. The molecule has 1 aromatic heterocycles. The summed E-state index contributed by atoms with van der Waals surface area (Å²) >= 11 is 1.77. The van der Waals surface area contributed by atoms with Crippen LogP contribution in [0.2, 0.25) is 0 Å². The lowest BCUT2D eigenvalue weighted by Gasteiger charge is -2.46. The van der Waals surface area contributed by atoms with Crippen molar-refractivity contribution in [3.63, 3.8) is 0 Å². The topological polar surface area (TPSA) is 28.2 Å². The molecule has 1 aliphatic rings. The molecule has 3 unspecified atom stereocenters. The van der Waals surface area contributed by atoms with Crippen molar-refractivity contribution < 1.29 is 0 Å². The lowest BCUT2D eigenvalue weighted by Crippen LogP contribution is -2.61. The number of hydrogen-bond acceptors (Lipinski definition) is 4. The molecule has 1 saturated heterocycles. The van der Waals surface area contributed by atoms with E-state index in [-0.39, 0.29) is 0 Å². The summed E-state index contributed by atoms with van der Waals surface area (Å²) in [5, 5.41) is 3.78. The van der Waals surface area contributed by atoms with Gasteiger partial charge in [0.25, 0.3) is 0 Å². The molecule has 1 fully saturated rings. The summed E-state index contributed by atoms with van der Waals surface area (Å²) in [6, 6.07) is 1.21. The number of rotatable bonds is 4. The van der Waals surface area contributed by atoms with Crippen molar-refractivity contribution >= 4 is 11.3 Å². The van der Waals surface area contributed by atoms with E-state index in [1.54, 1.807) is 11.3 Å². The molecule has 1 aliphatic heterocycles. The number of hydrogen-bond donors (Lipinski definition) is 1. The molecule has 3 atom stereocenters. The van der Waals surface area contributed by atoms with Gasteiger partial charge in [-0.25, -0.2) is 0 Å². The fraction of sp³-hybridized carbons (Fsp3) is 0.812. The average Bonchev–Trinajstić information content (AvgIpc) is 2.89. The van der Waals surface area contributed by atoms with Crippen LogP contribution in [0.25, 0.3) is 0 Å². The standard InChI is InChI=1S/C16H29N3S/c1-6-12(2)14-8-18-15(16(3,4)5)10-19(14)9-13-7-17-11-20-13/h7,11-12,14-15,18H,6,8-10H2,1-5H3. The van der Waals surface area contributed by atoms with E-state index in [1.165, 1.54) is 11.3 Å². The van der Waals surface area contributed by atoms with E-state index in [2.05, 4.69) is 49.8 Å². The van der Waals surface area contributed by atoms with Crippen LogP contribution in [0.4, 0.5) is 0 Å². The summed E-state index contributed by atoms with van der Waals surface area (Å²) < 4.78 is 0. The molecule has 1 aromatic rings. The van der Waals surface area contributed by atoms with E-state index in [1.807, 2.05) is 11.7 Å². The smallest absolute Gasteiger partial charge is 0.0794 e. The minimum atomic E-state index is 0.312. The molecular weight excluding hydrogens is 266 g/mol. The minimum absolute atomic E-state index is 0.312. The van der Waals surface area contributed by atoms with Gasteiger partial charge in [-0.1, -0.05) is 41.0 Å². The van der Waals surface area contributed by atoms with Crippen molar-refractivity contribution in [2.24, 2.45) is 11.3 Å². The van der Waals surface area contributed by atoms with Gasteiger partial charge in [0.2, 0.25) is 0 Å². The molecule has 114 valence electrons. The van der Waals surface area contributed by atoms with Crippen LogP contribution in [-0.2, 0) is 6.54 Å². The highest BCUT2D eigenvalue weighted by Gasteiger charge is 2.35. The lowest BCUT2D eigenvalue weighted by atomic mass is 9.83. The Morgan fingerprint density at radius 1 is 1.50 bits per heavy atom. The summed E-state index contributed by atoms with van der Waals surface area (Å²) in [4.78, 5) is 8.28. The van der Waals surface area contributed by atoms with Crippen LogP contribution in [0.1, 0.15) is 45.9 Å². The second-order valence-corrected chi connectivity index (χ2v) is 8.15. The van der Waals surface area contributed by atoms with E-state index in [9.17, 15) is 0 Å². The maximum absolute atomic E-state index is 4.22. The Kier molecular flexibility index (Phi) is 5.21. The maximum atomic E-state index is 4.22. The molecule has 20 heavy (non-hydrogen) atoms. The lowest BCUT2D eigenvalue weighted by molar-refractivity contribution is 0.0530. The number of nitrogens with zero attached hydrogens (tertiary/aromatic N) is 2. The van der Waals surface area contributed by atoms with E-state index in [0.29, 0.717) is 17.5 Å². The zero-order valence-electron chi connectivity index (χ0n) is 13.5. The van der Waals surface area contributed by atoms with Gasteiger partial charge in [-0.05, 0) is 11.3 Å². The van der Waals surface area contributed by atoms with Crippen LogP contribution in [0, 0.1) is 11.3 Å². The Labute approximate surface area is 127 Å². The van der Waals surface area contributed by atoms with Crippen molar-refractivity contribution in [1.29, 1.82) is 0 Å². The molecule has 3 nitrogen and oxygen atoms in total. The number of aromatic nitrogens is 1. The second-order valence-electron chi connectivity index (χ2n) is 7.18. The number of thiazole rings is 1. The summed E-state index contributed by atoms with van der Waals surface area (Å²) in [7, 11) is 0. The van der Waals surface area contributed by atoms with Crippen LogP contribution >= 0.6 is 11.3 Å². The van der Waals surface area contributed by atoms with Crippen molar-refractivity contribution in [3.8, 4) is 0 Å². The monoisotopic (exact) mass is 295 g/mol. The molecule has 0 amide bonds. The normalized spacial score (nSPS) is 26.6. The Balaban J connectivity index is 2.10. The van der Waals surface area contributed by atoms with E-state index >= 15 is 0 Å². The minimum Gasteiger partial charge on any atom is -0.311 e. The maximum Gasteiger partial charge on any atom is 0.0794 e. The molecule has 0 saturated carbocycles. The quantitative estimate of drug-likeness (QED) is 0.923. The van der Waals surface area contributed by atoms with Gasteiger partial charge in [-0.15, -0.1) is 11.3 Å². The first-order valence-electron chi connectivity index (χ1n) is 7.76. The van der Waals surface area contributed by atoms with Crippen LogP contribution in [-0.4, -0.2) is 35.1 Å². The molecule has 0 bridgehead atoms. The molecule has 2 heterocycles. The first kappa shape index (κ1) is 15.9. The van der Waals surface area contributed by atoms with Gasteiger partial charge in [0.05, 0.1) is 5.51 Å².